The molecule has 7 heteroatoms. The standard InChI is InChI=1S/C23H32N4O3/c1-4-25(5-2)14-15-26-21-8-6-7-9-22(21)27(23(26)24)16-18(28)17-30-20-12-10-19(29-3)11-13-20/h6-13,18,24,28H,4-5,14-17H2,1-3H3/p+1. The lowest BCUT2D eigenvalue weighted by atomic mass is 10.3. The molecule has 1 heterocycles. The summed E-state index contributed by atoms with van der Waals surface area (Å²) in [6, 6.07) is 15.3. The number of quaternary nitrogens is 1. The van der Waals surface area contributed by atoms with Crippen LogP contribution in [0.2, 0.25) is 0 Å². The molecule has 3 aromatic rings. The van der Waals surface area contributed by atoms with E-state index in [0.717, 1.165) is 43.0 Å². The summed E-state index contributed by atoms with van der Waals surface area (Å²) in [5.74, 6) is 1.44. The van der Waals surface area contributed by atoms with Gasteiger partial charge in [-0.2, -0.15) is 0 Å². The van der Waals surface area contributed by atoms with Crippen LogP contribution in [0, 0.1) is 5.41 Å². The Balaban J connectivity index is 1.73. The quantitative estimate of drug-likeness (QED) is 0.443. The molecule has 162 valence electrons. The lowest BCUT2D eigenvalue weighted by Crippen LogP contribution is -3.11. The molecule has 3 rings (SSSR count). The number of benzene rings is 2. The number of likely N-dealkylation sites (N-methyl/N-ethyl adjacent to an activating group) is 1. The van der Waals surface area contributed by atoms with E-state index < -0.39 is 6.10 Å². The third-order valence-corrected chi connectivity index (χ3v) is 5.56. The summed E-state index contributed by atoms with van der Waals surface area (Å²) >= 11 is 0. The van der Waals surface area contributed by atoms with Crippen LogP contribution >= 0.6 is 0 Å². The van der Waals surface area contributed by atoms with E-state index in [-0.39, 0.29) is 6.61 Å². The van der Waals surface area contributed by atoms with Gasteiger partial charge in [0.15, 0.2) is 0 Å². The molecule has 0 amide bonds. The first-order valence-corrected chi connectivity index (χ1v) is 10.6. The fourth-order valence-electron chi connectivity index (χ4n) is 3.71. The normalized spacial score (nSPS) is 12.4. The number of aliphatic hydroxyl groups excluding tert-OH is 1. The highest BCUT2D eigenvalue weighted by molar-refractivity contribution is 5.75. The number of imidazole rings is 1. The molecule has 0 saturated carbocycles. The average Bonchev–Trinajstić information content (AvgIpc) is 3.04. The molecule has 0 aliphatic rings. The SMILES string of the molecule is CC[NH+](CC)CCn1c(=N)n(CC(O)COc2ccc(OC)cc2)c2ccccc21. The van der Waals surface area contributed by atoms with Gasteiger partial charge in [0, 0.05) is 0 Å². The molecule has 0 radical (unpaired) electrons. The van der Waals surface area contributed by atoms with Crippen molar-refractivity contribution in [2.45, 2.75) is 33.0 Å². The summed E-state index contributed by atoms with van der Waals surface area (Å²) in [5.41, 5.74) is 2.39. The van der Waals surface area contributed by atoms with E-state index in [2.05, 4.69) is 13.8 Å². The lowest BCUT2D eigenvalue weighted by molar-refractivity contribution is -0.897. The van der Waals surface area contributed by atoms with Gasteiger partial charge >= 0.3 is 0 Å². The number of rotatable bonds is 11. The molecule has 1 atom stereocenters. The molecular formula is C23H33N4O3+. The Morgan fingerprint density at radius 2 is 1.57 bits per heavy atom. The van der Waals surface area contributed by atoms with E-state index >= 15 is 0 Å². The molecule has 0 aliphatic carbocycles. The van der Waals surface area contributed by atoms with Gasteiger partial charge in [0.05, 0.1) is 50.9 Å². The van der Waals surface area contributed by atoms with Gasteiger partial charge in [0.2, 0.25) is 5.62 Å². The number of para-hydroxylation sites is 2. The summed E-state index contributed by atoms with van der Waals surface area (Å²) in [7, 11) is 1.62. The molecule has 0 fully saturated rings. The van der Waals surface area contributed by atoms with Gasteiger partial charge in [-0.15, -0.1) is 0 Å². The molecule has 0 aliphatic heterocycles. The zero-order chi connectivity index (χ0) is 21.5. The fraction of sp³-hybridized carbons (Fsp3) is 0.435. The molecular weight excluding hydrogens is 380 g/mol. The van der Waals surface area contributed by atoms with E-state index in [1.807, 2.05) is 57.7 Å². The highest BCUT2D eigenvalue weighted by Crippen LogP contribution is 2.17. The first-order valence-electron chi connectivity index (χ1n) is 10.6. The monoisotopic (exact) mass is 413 g/mol. The lowest BCUT2D eigenvalue weighted by Gasteiger charge is -2.16. The Morgan fingerprint density at radius 1 is 0.967 bits per heavy atom. The number of nitrogens with zero attached hydrogens (tertiary/aromatic N) is 2. The predicted octanol–water partition coefficient (Wildman–Crippen LogP) is 1.30. The van der Waals surface area contributed by atoms with Crippen LogP contribution in [-0.4, -0.2) is 53.7 Å². The van der Waals surface area contributed by atoms with Crippen LogP contribution in [0.3, 0.4) is 0 Å². The smallest absolute Gasteiger partial charge is 0.203 e. The van der Waals surface area contributed by atoms with Gasteiger partial charge in [-0.1, -0.05) is 12.1 Å². The largest absolute Gasteiger partial charge is 0.497 e. The minimum atomic E-state index is -0.728. The van der Waals surface area contributed by atoms with Crippen molar-refractivity contribution in [2.75, 3.05) is 33.4 Å². The maximum absolute atomic E-state index is 10.6. The van der Waals surface area contributed by atoms with E-state index in [9.17, 15) is 5.11 Å². The summed E-state index contributed by atoms with van der Waals surface area (Å²) < 4.78 is 14.8. The third-order valence-electron chi connectivity index (χ3n) is 5.56. The average molecular weight is 414 g/mol. The second-order valence-electron chi connectivity index (χ2n) is 7.42. The number of hydrogen-bond acceptors (Lipinski definition) is 4. The molecule has 0 spiro atoms. The van der Waals surface area contributed by atoms with Crippen LogP contribution in [0.5, 0.6) is 11.5 Å². The molecule has 1 unspecified atom stereocenters. The summed E-state index contributed by atoms with van der Waals surface area (Å²) in [5, 5.41) is 19.3. The number of aliphatic hydroxyl groups is 1. The molecule has 1 aromatic heterocycles. The molecule has 0 bridgehead atoms. The first kappa shape index (κ1) is 21.9. The Bertz CT molecular complexity index is 990. The zero-order valence-electron chi connectivity index (χ0n) is 18.1. The van der Waals surface area contributed by atoms with E-state index in [4.69, 9.17) is 14.9 Å². The van der Waals surface area contributed by atoms with Gasteiger partial charge in [-0.25, -0.2) is 0 Å². The molecule has 7 nitrogen and oxygen atoms in total. The molecule has 0 saturated heterocycles. The second kappa shape index (κ2) is 10.3. The van der Waals surface area contributed by atoms with Crippen molar-refractivity contribution in [1.29, 1.82) is 5.41 Å². The van der Waals surface area contributed by atoms with Gasteiger partial charge in [-0.05, 0) is 50.2 Å². The van der Waals surface area contributed by atoms with Crippen LogP contribution in [0.1, 0.15) is 13.8 Å². The van der Waals surface area contributed by atoms with Crippen molar-refractivity contribution in [3.63, 3.8) is 0 Å². The molecule has 2 aromatic carbocycles. The minimum absolute atomic E-state index is 0.155. The Hall–Kier alpha value is -2.77. The summed E-state index contributed by atoms with van der Waals surface area (Å²) in [6.07, 6.45) is -0.728. The van der Waals surface area contributed by atoms with E-state index in [1.165, 1.54) is 4.90 Å². The Morgan fingerprint density at radius 3 is 2.17 bits per heavy atom. The molecule has 3 N–H and O–H groups in total. The minimum Gasteiger partial charge on any atom is -0.497 e. The Kier molecular flexibility index (Phi) is 7.54. The number of hydrogen-bond donors (Lipinski definition) is 3. The number of methoxy groups -OCH3 is 1. The zero-order valence-corrected chi connectivity index (χ0v) is 18.1. The van der Waals surface area contributed by atoms with Crippen molar-refractivity contribution < 1.29 is 19.5 Å². The van der Waals surface area contributed by atoms with Crippen LogP contribution < -0.4 is 20.0 Å². The van der Waals surface area contributed by atoms with Gasteiger partial charge in [-0.3, -0.25) is 5.41 Å². The second-order valence-corrected chi connectivity index (χ2v) is 7.42. The summed E-state index contributed by atoms with van der Waals surface area (Å²) in [6.45, 7) is 8.74. The first-order chi connectivity index (χ1) is 14.6. The Labute approximate surface area is 177 Å². The van der Waals surface area contributed by atoms with Gasteiger partial charge < -0.3 is 28.6 Å². The van der Waals surface area contributed by atoms with Gasteiger partial charge in [0.25, 0.3) is 0 Å². The topological polar surface area (TPSA) is 76.8 Å². The maximum Gasteiger partial charge on any atom is 0.203 e. The van der Waals surface area contributed by atoms with Crippen LogP contribution in [-0.2, 0) is 13.1 Å². The molecule has 30 heavy (non-hydrogen) atoms. The van der Waals surface area contributed by atoms with Gasteiger partial charge in [0.1, 0.15) is 24.2 Å². The van der Waals surface area contributed by atoms with Crippen molar-refractivity contribution >= 4 is 11.0 Å². The van der Waals surface area contributed by atoms with Crippen molar-refractivity contribution in [3.05, 3.63) is 54.1 Å². The predicted molar refractivity (Wildman–Crippen MR) is 117 cm³/mol. The number of nitrogens with one attached hydrogen (secondary N) is 2. The van der Waals surface area contributed by atoms with Crippen LogP contribution in [0.25, 0.3) is 11.0 Å². The van der Waals surface area contributed by atoms with Crippen molar-refractivity contribution in [2.24, 2.45) is 0 Å². The number of ether oxygens (including phenoxy) is 2. The number of aromatic nitrogens is 2. The van der Waals surface area contributed by atoms with E-state index in [1.54, 1.807) is 7.11 Å². The highest BCUT2D eigenvalue weighted by atomic mass is 16.5. The van der Waals surface area contributed by atoms with E-state index in [0.29, 0.717) is 17.9 Å². The maximum atomic E-state index is 10.6. The van der Waals surface area contributed by atoms with Crippen molar-refractivity contribution in [1.82, 2.24) is 9.13 Å². The number of fused-ring (bicyclic) bond motifs is 1. The highest BCUT2D eigenvalue weighted by Gasteiger charge is 2.15. The van der Waals surface area contributed by atoms with Crippen molar-refractivity contribution in [3.8, 4) is 11.5 Å². The third kappa shape index (κ3) is 5.04. The van der Waals surface area contributed by atoms with Crippen LogP contribution in [0.15, 0.2) is 48.5 Å². The summed E-state index contributed by atoms with van der Waals surface area (Å²) in [4.78, 5) is 1.51. The fourth-order valence-corrected chi connectivity index (χ4v) is 3.71. The van der Waals surface area contributed by atoms with Crippen LogP contribution in [0.4, 0.5) is 0 Å².